The van der Waals surface area contributed by atoms with Crippen LogP contribution in [-0.4, -0.2) is 30.9 Å². The Labute approximate surface area is 99.1 Å². The standard InChI is InChI=1S/C10H13FN2O3S/c11-9-7-8(14)3-4-10(9)12-17(15,16)13-5-1-2-6-13/h3-4,7,12,14H,1-2,5-6H2. The zero-order valence-electron chi connectivity index (χ0n) is 9.06. The van der Waals surface area contributed by atoms with Crippen LogP contribution in [0.4, 0.5) is 10.1 Å². The molecule has 0 unspecified atom stereocenters. The number of benzene rings is 1. The van der Waals surface area contributed by atoms with Crippen LogP contribution in [0.5, 0.6) is 5.75 Å². The zero-order valence-corrected chi connectivity index (χ0v) is 9.87. The minimum Gasteiger partial charge on any atom is -0.508 e. The molecular weight excluding hydrogens is 247 g/mol. The highest BCUT2D eigenvalue weighted by Crippen LogP contribution is 2.22. The third-order valence-corrected chi connectivity index (χ3v) is 4.12. The molecule has 0 bridgehead atoms. The molecule has 0 radical (unpaired) electrons. The predicted octanol–water partition coefficient (Wildman–Crippen LogP) is 1.28. The van der Waals surface area contributed by atoms with Crippen LogP contribution in [0.3, 0.4) is 0 Å². The number of nitrogens with zero attached hydrogens (tertiary/aromatic N) is 1. The van der Waals surface area contributed by atoms with Gasteiger partial charge in [-0.05, 0) is 25.0 Å². The van der Waals surface area contributed by atoms with Gasteiger partial charge in [0.1, 0.15) is 5.75 Å². The lowest BCUT2D eigenvalue weighted by atomic mass is 10.3. The maximum absolute atomic E-state index is 13.4. The molecule has 1 aliphatic heterocycles. The summed E-state index contributed by atoms with van der Waals surface area (Å²) in [5, 5.41) is 9.02. The Morgan fingerprint density at radius 3 is 2.53 bits per heavy atom. The normalized spacial score (nSPS) is 17.2. The molecule has 17 heavy (non-hydrogen) atoms. The van der Waals surface area contributed by atoms with Crippen LogP contribution in [0.1, 0.15) is 12.8 Å². The molecule has 7 heteroatoms. The first-order valence-corrected chi connectivity index (χ1v) is 6.69. The lowest BCUT2D eigenvalue weighted by molar-refractivity contribution is 0.468. The van der Waals surface area contributed by atoms with E-state index in [1.807, 2.05) is 0 Å². The summed E-state index contributed by atoms with van der Waals surface area (Å²) < 4.78 is 40.5. The monoisotopic (exact) mass is 260 g/mol. The van der Waals surface area contributed by atoms with E-state index in [1.165, 1.54) is 16.4 Å². The van der Waals surface area contributed by atoms with Crippen molar-refractivity contribution in [2.24, 2.45) is 0 Å². The van der Waals surface area contributed by atoms with Gasteiger partial charge in [-0.1, -0.05) is 0 Å². The average Bonchev–Trinajstić information content (AvgIpc) is 2.76. The van der Waals surface area contributed by atoms with E-state index in [2.05, 4.69) is 4.72 Å². The summed E-state index contributed by atoms with van der Waals surface area (Å²) in [7, 11) is -3.69. The van der Waals surface area contributed by atoms with Crippen molar-refractivity contribution in [2.75, 3.05) is 17.8 Å². The minimum absolute atomic E-state index is 0.158. The molecule has 0 atom stereocenters. The second kappa shape index (κ2) is 4.50. The molecule has 94 valence electrons. The number of halogens is 1. The summed E-state index contributed by atoms with van der Waals surface area (Å²) in [6, 6.07) is 3.28. The van der Waals surface area contributed by atoms with Crippen LogP contribution < -0.4 is 4.72 Å². The fourth-order valence-corrected chi connectivity index (χ4v) is 3.03. The van der Waals surface area contributed by atoms with Gasteiger partial charge in [-0.15, -0.1) is 0 Å². The Hall–Kier alpha value is -1.34. The molecule has 0 aliphatic carbocycles. The van der Waals surface area contributed by atoms with Crippen LogP contribution in [0.25, 0.3) is 0 Å². The Bertz CT molecular complexity index is 512. The molecule has 1 fully saturated rings. The van der Waals surface area contributed by atoms with Gasteiger partial charge in [0.2, 0.25) is 0 Å². The lowest BCUT2D eigenvalue weighted by Gasteiger charge is -2.17. The summed E-state index contributed by atoms with van der Waals surface area (Å²) in [5.74, 6) is -1.04. The van der Waals surface area contributed by atoms with Crippen molar-refractivity contribution in [3.8, 4) is 5.75 Å². The van der Waals surface area contributed by atoms with E-state index in [1.54, 1.807) is 0 Å². The van der Waals surface area contributed by atoms with Crippen LogP contribution >= 0.6 is 0 Å². The van der Waals surface area contributed by atoms with Crippen molar-refractivity contribution < 1.29 is 17.9 Å². The number of aromatic hydroxyl groups is 1. The number of phenolic OH excluding ortho intramolecular Hbond substituents is 1. The third kappa shape index (κ3) is 2.67. The molecule has 1 aliphatic rings. The average molecular weight is 260 g/mol. The van der Waals surface area contributed by atoms with Crippen molar-refractivity contribution in [1.29, 1.82) is 0 Å². The molecule has 2 rings (SSSR count). The van der Waals surface area contributed by atoms with Gasteiger partial charge in [-0.3, -0.25) is 4.72 Å². The number of phenols is 1. The fraction of sp³-hybridized carbons (Fsp3) is 0.400. The van der Waals surface area contributed by atoms with Gasteiger partial charge in [0.15, 0.2) is 5.82 Å². The van der Waals surface area contributed by atoms with Gasteiger partial charge in [0, 0.05) is 19.2 Å². The molecule has 0 saturated carbocycles. The molecule has 1 aromatic carbocycles. The highest BCUT2D eigenvalue weighted by Gasteiger charge is 2.25. The smallest absolute Gasteiger partial charge is 0.301 e. The number of hydrogen-bond donors (Lipinski definition) is 2. The molecular formula is C10H13FN2O3S. The first kappa shape index (κ1) is 12.1. The van der Waals surface area contributed by atoms with E-state index in [4.69, 9.17) is 5.11 Å². The first-order valence-electron chi connectivity index (χ1n) is 5.25. The second-order valence-corrected chi connectivity index (χ2v) is 5.55. The Kier molecular flexibility index (Phi) is 3.21. The maximum atomic E-state index is 13.4. The van der Waals surface area contributed by atoms with Crippen LogP contribution in [0, 0.1) is 5.82 Å². The quantitative estimate of drug-likeness (QED) is 0.804. The Morgan fingerprint density at radius 1 is 1.29 bits per heavy atom. The van der Waals surface area contributed by atoms with Crippen molar-refractivity contribution in [3.63, 3.8) is 0 Å². The molecule has 0 spiro atoms. The van der Waals surface area contributed by atoms with Gasteiger partial charge in [-0.2, -0.15) is 12.7 Å². The van der Waals surface area contributed by atoms with Gasteiger partial charge < -0.3 is 5.11 Å². The topological polar surface area (TPSA) is 69.6 Å². The first-order chi connectivity index (χ1) is 7.99. The van der Waals surface area contributed by atoms with Gasteiger partial charge in [0.05, 0.1) is 5.69 Å². The van der Waals surface area contributed by atoms with Crippen LogP contribution in [0.2, 0.25) is 0 Å². The lowest BCUT2D eigenvalue weighted by Crippen LogP contribution is -2.33. The molecule has 2 N–H and O–H groups in total. The number of rotatable bonds is 3. The maximum Gasteiger partial charge on any atom is 0.301 e. The van der Waals surface area contributed by atoms with E-state index in [9.17, 15) is 12.8 Å². The summed E-state index contributed by atoms with van der Waals surface area (Å²) in [5.41, 5.74) is -0.158. The highest BCUT2D eigenvalue weighted by atomic mass is 32.2. The fourth-order valence-electron chi connectivity index (χ4n) is 1.72. The third-order valence-electron chi connectivity index (χ3n) is 2.60. The molecule has 1 aromatic rings. The summed E-state index contributed by atoms with van der Waals surface area (Å²) in [6.45, 7) is 0.907. The van der Waals surface area contributed by atoms with E-state index in [0.717, 1.165) is 18.9 Å². The SMILES string of the molecule is O=S(=O)(Nc1ccc(O)cc1F)N1CCCC1. The number of nitrogens with one attached hydrogen (secondary N) is 1. The van der Waals surface area contributed by atoms with Crippen LogP contribution in [0.15, 0.2) is 18.2 Å². The van der Waals surface area contributed by atoms with Gasteiger partial charge in [-0.25, -0.2) is 4.39 Å². The van der Waals surface area contributed by atoms with Crippen molar-refractivity contribution in [2.45, 2.75) is 12.8 Å². The molecule has 0 aromatic heterocycles. The largest absolute Gasteiger partial charge is 0.508 e. The summed E-state index contributed by atoms with van der Waals surface area (Å²) in [4.78, 5) is 0. The summed E-state index contributed by atoms with van der Waals surface area (Å²) in [6.07, 6.45) is 1.64. The molecule has 5 nitrogen and oxygen atoms in total. The molecule has 1 saturated heterocycles. The Morgan fingerprint density at radius 2 is 1.94 bits per heavy atom. The van der Waals surface area contributed by atoms with Gasteiger partial charge >= 0.3 is 10.2 Å². The van der Waals surface area contributed by atoms with E-state index in [-0.39, 0.29) is 11.4 Å². The van der Waals surface area contributed by atoms with Crippen LogP contribution in [-0.2, 0) is 10.2 Å². The zero-order chi connectivity index (χ0) is 12.5. The minimum atomic E-state index is -3.69. The Balaban J connectivity index is 2.19. The molecule has 0 amide bonds. The van der Waals surface area contributed by atoms with Crippen molar-refractivity contribution in [3.05, 3.63) is 24.0 Å². The van der Waals surface area contributed by atoms with Gasteiger partial charge in [0.25, 0.3) is 0 Å². The number of anilines is 1. The summed E-state index contributed by atoms with van der Waals surface area (Å²) >= 11 is 0. The number of hydrogen-bond acceptors (Lipinski definition) is 3. The van der Waals surface area contributed by atoms with Crippen molar-refractivity contribution >= 4 is 15.9 Å². The predicted molar refractivity (Wildman–Crippen MR) is 61.4 cm³/mol. The van der Waals surface area contributed by atoms with E-state index in [0.29, 0.717) is 13.1 Å². The van der Waals surface area contributed by atoms with E-state index >= 15 is 0 Å². The highest BCUT2D eigenvalue weighted by molar-refractivity contribution is 7.90. The second-order valence-electron chi connectivity index (χ2n) is 3.88. The van der Waals surface area contributed by atoms with Crippen molar-refractivity contribution in [1.82, 2.24) is 4.31 Å². The molecule has 1 heterocycles. The van der Waals surface area contributed by atoms with E-state index < -0.39 is 16.0 Å².